The van der Waals surface area contributed by atoms with Crippen LogP contribution in [0.15, 0.2) is 29.4 Å². The molecule has 1 aliphatic carbocycles. The van der Waals surface area contributed by atoms with Gasteiger partial charge in [0.25, 0.3) is 0 Å². The van der Waals surface area contributed by atoms with Crippen LogP contribution in [-0.4, -0.2) is 21.1 Å². The maximum atomic E-state index is 12.7. The standard InChI is InChI=1S/C21H24N4OS/c1-3-18(20(26)25-19-11-14(2)9-10-23-19)27-21-16(13-22)12-15-7-5-4-6-8-17(15)24-21/h9-12,18H,3-8H2,1-2H3,(H,23,25,26). The molecule has 0 saturated heterocycles. The number of hydrogen-bond acceptors (Lipinski definition) is 5. The minimum atomic E-state index is -0.323. The molecule has 0 fully saturated rings. The van der Waals surface area contributed by atoms with Crippen LogP contribution < -0.4 is 5.32 Å². The van der Waals surface area contributed by atoms with E-state index in [0.29, 0.717) is 22.8 Å². The largest absolute Gasteiger partial charge is 0.310 e. The van der Waals surface area contributed by atoms with Gasteiger partial charge in [0.05, 0.1) is 10.8 Å². The summed E-state index contributed by atoms with van der Waals surface area (Å²) in [7, 11) is 0. The third-order valence-electron chi connectivity index (χ3n) is 4.72. The highest BCUT2D eigenvalue weighted by Crippen LogP contribution is 2.31. The lowest BCUT2D eigenvalue weighted by atomic mass is 10.1. The quantitative estimate of drug-likeness (QED) is 0.613. The molecule has 1 unspecified atom stereocenters. The molecule has 0 bridgehead atoms. The molecule has 0 aliphatic heterocycles. The normalized spacial score (nSPS) is 14.6. The maximum absolute atomic E-state index is 12.7. The van der Waals surface area contributed by atoms with Crippen molar-refractivity contribution in [2.75, 3.05) is 5.32 Å². The molecule has 0 aromatic carbocycles. The molecule has 2 aromatic heterocycles. The number of carbonyl (C=O) groups is 1. The first kappa shape index (κ1) is 19.4. The Labute approximate surface area is 164 Å². The number of nitrogens with one attached hydrogen (secondary N) is 1. The lowest BCUT2D eigenvalue weighted by molar-refractivity contribution is -0.115. The highest BCUT2D eigenvalue weighted by atomic mass is 32.2. The third kappa shape index (κ3) is 4.86. The summed E-state index contributed by atoms with van der Waals surface area (Å²) in [5.41, 5.74) is 3.89. The molecule has 2 heterocycles. The van der Waals surface area contributed by atoms with E-state index < -0.39 is 0 Å². The molecule has 3 rings (SSSR count). The van der Waals surface area contributed by atoms with Gasteiger partial charge in [0.15, 0.2) is 0 Å². The SMILES string of the molecule is CCC(Sc1nc2c(cc1C#N)CCCCC2)C(=O)Nc1cc(C)ccn1. The summed E-state index contributed by atoms with van der Waals surface area (Å²) in [5.74, 6) is 0.440. The van der Waals surface area contributed by atoms with Crippen LogP contribution in [0.2, 0.25) is 0 Å². The van der Waals surface area contributed by atoms with Crippen LogP contribution in [-0.2, 0) is 17.6 Å². The van der Waals surface area contributed by atoms with Gasteiger partial charge in [-0.05, 0) is 68.4 Å². The topological polar surface area (TPSA) is 78.7 Å². The van der Waals surface area contributed by atoms with Crippen molar-refractivity contribution >= 4 is 23.5 Å². The Kier molecular flexibility index (Phi) is 6.46. The average molecular weight is 381 g/mol. The van der Waals surface area contributed by atoms with Crippen molar-refractivity contribution in [2.45, 2.75) is 62.6 Å². The van der Waals surface area contributed by atoms with Crippen molar-refractivity contribution in [3.05, 3.63) is 46.8 Å². The van der Waals surface area contributed by atoms with E-state index in [-0.39, 0.29) is 11.2 Å². The Balaban J connectivity index is 1.80. The van der Waals surface area contributed by atoms with Gasteiger partial charge in [0, 0.05) is 11.9 Å². The molecule has 0 radical (unpaired) electrons. The van der Waals surface area contributed by atoms with Gasteiger partial charge in [-0.15, -0.1) is 0 Å². The summed E-state index contributed by atoms with van der Waals surface area (Å²) in [5, 5.41) is 12.8. The molecule has 140 valence electrons. The highest BCUT2D eigenvalue weighted by Gasteiger charge is 2.22. The van der Waals surface area contributed by atoms with E-state index in [2.05, 4.69) is 16.4 Å². The number of carbonyl (C=O) groups excluding carboxylic acids is 1. The lowest BCUT2D eigenvalue weighted by Gasteiger charge is -2.16. The average Bonchev–Trinajstić information content (AvgIpc) is 2.89. The van der Waals surface area contributed by atoms with Gasteiger partial charge in [0.2, 0.25) is 5.91 Å². The van der Waals surface area contributed by atoms with Crippen LogP contribution in [0.3, 0.4) is 0 Å². The van der Waals surface area contributed by atoms with Gasteiger partial charge in [-0.3, -0.25) is 4.79 Å². The van der Waals surface area contributed by atoms with Crippen LogP contribution >= 0.6 is 11.8 Å². The Morgan fingerprint density at radius 2 is 2.15 bits per heavy atom. The van der Waals surface area contributed by atoms with Gasteiger partial charge in [-0.25, -0.2) is 9.97 Å². The van der Waals surface area contributed by atoms with E-state index in [4.69, 9.17) is 4.98 Å². The molecule has 1 atom stereocenters. The lowest BCUT2D eigenvalue weighted by Crippen LogP contribution is -2.25. The number of fused-ring (bicyclic) bond motifs is 1. The molecule has 2 aromatic rings. The first-order valence-corrected chi connectivity index (χ1v) is 10.3. The maximum Gasteiger partial charge on any atom is 0.239 e. The summed E-state index contributed by atoms with van der Waals surface area (Å²) in [6.07, 6.45) is 7.74. The zero-order valence-corrected chi connectivity index (χ0v) is 16.6. The van der Waals surface area contributed by atoms with Crippen molar-refractivity contribution < 1.29 is 4.79 Å². The summed E-state index contributed by atoms with van der Waals surface area (Å²) < 4.78 is 0. The minimum Gasteiger partial charge on any atom is -0.310 e. The number of anilines is 1. The third-order valence-corrected chi connectivity index (χ3v) is 6.09. The highest BCUT2D eigenvalue weighted by molar-refractivity contribution is 8.00. The number of nitriles is 1. The van der Waals surface area contributed by atoms with Crippen LogP contribution in [0.25, 0.3) is 0 Å². The summed E-state index contributed by atoms with van der Waals surface area (Å²) in [4.78, 5) is 21.7. The second-order valence-electron chi connectivity index (χ2n) is 6.84. The fraction of sp³-hybridized carbons (Fsp3) is 0.429. The number of nitrogens with zero attached hydrogens (tertiary/aromatic N) is 3. The summed E-state index contributed by atoms with van der Waals surface area (Å²) in [6.45, 7) is 3.93. The number of amides is 1. The van der Waals surface area contributed by atoms with E-state index in [9.17, 15) is 10.1 Å². The Morgan fingerprint density at radius 1 is 1.33 bits per heavy atom. The number of hydrogen-bond donors (Lipinski definition) is 1. The molecule has 1 amide bonds. The van der Waals surface area contributed by atoms with E-state index in [1.165, 1.54) is 23.7 Å². The Bertz CT molecular complexity index is 875. The number of aromatic nitrogens is 2. The van der Waals surface area contributed by atoms with Gasteiger partial charge < -0.3 is 5.32 Å². The smallest absolute Gasteiger partial charge is 0.239 e. The summed E-state index contributed by atoms with van der Waals surface area (Å²) in [6, 6.07) is 7.97. The first-order valence-electron chi connectivity index (χ1n) is 9.43. The first-order chi connectivity index (χ1) is 13.1. The van der Waals surface area contributed by atoms with Crippen LogP contribution in [0.1, 0.15) is 55.0 Å². The fourth-order valence-electron chi connectivity index (χ4n) is 3.23. The number of thioether (sulfide) groups is 1. The van der Waals surface area contributed by atoms with Crippen molar-refractivity contribution in [1.82, 2.24) is 9.97 Å². The molecule has 0 spiro atoms. The zero-order valence-electron chi connectivity index (χ0n) is 15.8. The zero-order chi connectivity index (χ0) is 19.2. The fourth-order valence-corrected chi connectivity index (χ4v) is 4.23. The van der Waals surface area contributed by atoms with Gasteiger partial charge >= 0.3 is 0 Å². The van der Waals surface area contributed by atoms with Gasteiger partial charge in [-0.1, -0.05) is 25.1 Å². The van der Waals surface area contributed by atoms with Crippen LogP contribution in [0, 0.1) is 18.3 Å². The van der Waals surface area contributed by atoms with E-state index in [1.54, 1.807) is 6.20 Å². The molecular weight excluding hydrogens is 356 g/mol. The van der Waals surface area contributed by atoms with Crippen molar-refractivity contribution in [3.63, 3.8) is 0 Å². The summed E-state index contributed by atoms with van der Waals surface area (Å²) >= 11 is 1.38. The van der Waals surface area contributed by atoms with Crippen LogP contribution in [0.4, 0.5) is 5.82 Å². The van der Waals surface area contributed by atoms with Crippen molar-refractivity contribution in [1.29, 1.82) is 5.26 Å². The minimum absolute atomic E-state index is 0.110. The number of pyridine rings is 2. The van der Waals surface area contributed by atoms with E-state index >= 15 is 0 Å². The Hall–Kier alpha value is -2.39. The molecule has 6 heteroatoms. The van der Waals surface area contributed by atoms with Gasteiger partial charge in [-0.2, -0.15) is 5.26 Å². The second kappa shape index (κ2) is 9.01. The number of aryl methyl sites for hydroxylation is 3. The predicted octanol–water partition coefficient (Wildman–Crippen LogP) is 4.44. The molecular formula is C21H24N4OS. The second-order valence-corrected chi connectivity index (χ2v) is 8.03. The van der Waals surface area contributed by atoms with Crippen molar-refractivity contribution in [3.8, 4) is 6.07 Å². The molecule has 1 aliphatic rings. The van der Waals surface area contributed by atoms with E-state index in [1.807, 2.05) is 32.0 Å². The monoisotopic (exact) mass is 380 g/mol. The molecule has 27 heavy (non-hydrogen) atoms. The van der Waals surface area contributed by atoms with Crippen LogP contribution in [0.5, 0.6) is 0 Å². The van der Waals surface area contributed by atoms with Crippen molar-refractivity contribution in [2.24, 2.45) is 0 Å². The van der Waals surface area contributed by atoms with E-state index in [0.717, 1.165) is 36.9 Å². The molecule has 0 saturated carbocycles. The predicted molar refractivity (Wildman–Crippen MR) is 108 cm³/mol. The Morgan fingerprint density at radius 3 is 2.89 bits per heavy atom. The number of rotatable bonds is 5. The molecule has 5 nitrogen and oxygen atoms in total. The molecule has 1 N–H and O–H groups in total. The van der Waals surface area contributed by atoms with Gasteiger partial charge in [0.1, 0.15) is 16.9 Å².